The summed E-state index contributed by atoms with van der Waals surface area (Å²) in [4.78, 5) is 19.1. The van der Waals surface area contributed by atoms with Crippen LogP contribution in [-0.4, -0.2) is 50.1 Å². The maximum absolute atomic E-state index is 13.3. The van der Waals surface area contributed by atoms with E-state index in [0.29, 0.717) is 13.0 Å². The third-order valence-corrected chi connectivity index (χ3v) is 5.66. The molecule has 2 aliphatic heterocycles. The first kappa shape index (κ1) is 18.3. The highest BCUT2D eigenvalue weighted by Gasteiger charge is 2.25. The number of piperazine rings is 1. The summed E-state index contributed by atoms with van der Waals surface area (Å²) in [5.41, 5.74) is 2.95. The fourth-order valence-electron chi connectivity index (χ4n) is 3.92. The quantitative estimate of drug-likeness (QED) is 0.802. The minimum absolute atomic E-state index is 0.123. The van der Waals surface area contributed by atoms with Crippen molar-refractivity contribution < 1.29 is 9.18 Å². The number of carbonyl (C=O) groups excluding carboxylic acids is 1. The Morgan fingerprint density at radius 1 is 1.04 bits per heavy atom. The van der Waals surface area contributed by atoms with Crippen LogP contribution in [0.25, 0.3) is 0 Å². The van der Waals surface area contributed by atoms with Gasteiger partial charge >= 0.3 is 0 Å². The van der Waals surface area contributed by atoms with Crippen LogP contribution in [-0.2, 0) is 11.2 Å². The molecule has 2 aliphatic rings. The fraction of sp³-hybridized carbons (Fsp3) is 0.381. The zero-order chi connectivity index (χ0) is 18.8. The van der Waals surface area contributed by atoms with Crippen LogP contribution in [0.3, 0.4) is 0 Å². The molecule has 0 N–H and O–H groups in total. The summed E-state index contributed by atoms with van der Waals surface area (Å²) >= 11 is 6.08. The van der Waals surface area contributed by atoms with Gasteiger partial charge in [0.25, 0.3) is 0 Å². The molecule has 27 heavy (non-hydrogen) atoms. The van der Waals surface area contributed by atoms with E-state index >= 15 is 0 Å². The number of carbonyl (C=O) groups is 1. The van der Waals surface area contributed by atoms with E-state index in [2.05, 4.69) is 15.9 Å². The average molecular weight is 388 g/mol. The van der Waals surface area contributed by atoms with Gasteiger partial charge in [-0.15, -0.1) is 0 Å². The number of halogens is 2. The summed E-state index contributed by atoms with van der Waals surface area (Å²) in [5, 5.41) is 0.756. The molecule has 1 fully saturated rings. The molecule has 4 rings (SSSR count). The maximum Gasteiger partial charge on any atom is 0.228 e. The number of rotatable bonds is 4. The number of hydrogen-bond donors (Lipinski definition) is 0. The van der Waals surface area contributed by atoms with Crippen LogP contribution in [0.5, 0.6) is 0 Å². The van der Waals surface area contributed by atoms with Crippen LogP contribution in [0.2, 0.25) is 5.02 Å². The Morgan fingerprint density at radius 3 is 2.63 bits per heavy atom. The van der Waals surface area contributed by atoms with Crippen molar-refractivity contribution in [3.8, 4) is 0 Å². The number of anilines is 2. The molecule has 0 aromatic heterocycles. The Morgan fingerprint density at radius 2 is 1.85 bits per heavy atom. The van der Waals surface area contributed by atoms with Gasteiger partial charge in [-0.25, -0.2) is 4.39 Å². The van der Waals surface area contributed by atoms with Gasteiger partial charge in [-0.1, -0.05) is 17.7 Å². The molecule has 1 amide bonds. The van der Waals surface area contributed by atoms with E-state index in [4.69, 9.17) is 11.6 Å². The van der Waals surface area contributed by atoms with Crippen molar-refractivity contribution in [2.24, 2.45) is 0 Å². The predicted octanol–water partition coefficient (Wildman–Crippen LogP) is 3.58. The van der Waals surface area contributed by atoms with Crippen molar-refractivity contribution in [3.05, 3.63) is 58.9 Å². The van der Waals surface area contributed by atoms with Crippen molar-refractivity contribution >= 4 is 28.9 Å². The molecular formula is C21H23ClFN3O. The van der Waals surface area contributed by atoms with Gasteiger partial charge in [0.2, 0.25) is 5.91 Å². The van der Waals surface area contributed by atoms with E-state index in [1.807, 2.05) is 18.2 Å². The molecule has 0 atom stereocenters. The molecule has 4 nitrogen and oxygen atoms in total. The summed E-state index contributed by atoms with van der Waals surface area (Å²) in [7, 11) is 0. The lowest BCUT2D eigenvalue weighted by Crippen LogP contribution is -2.47. The topological polar surface area (TPSA) is 26.8 Å². The molecule has 0 radical (unpaired) electrons. The molecule has 1 saturated heterocycles. The van der Waals surface area contributed by atoms with Crippen molar-refractivity contribution in [2.45, 2.75) is 12.8 Å². The third kappa shape index (κ3) is 4.09. The van der Waals surface area contributed by atoms with Gasteiger partial charge in [0, 0.05) is 62.1 Å². The van der Waals surface area contributed by atoms with Crippen LogP contribution in [0.15, 0.2) is 42.5 Å². The Hall–Kier alpha value is -2.11. The first-order valence-corrected chi connectivity index (χ1v) is 9.79. The van der Waals surface area contributed by atoms with Crippen LogP contribution >= 0.6 is 11.6 Å². The minimum Gasteiger partial charge on any atom is -0.369 e. The molecule has 0 saturated carbocycles. The number of amides is 1. The molecular weight excluding hydrogens is 365 g/mol. The Balaban J connectivity index is 1.28. The fourth-order valence-corrected chi connectivity index (χ4v) is 4.11. The lowest BCUT2D eigenvalue weighted by molar-refractivity contribution is -0.118. The van der Waals surface area contributed by atoms with Crippen LogP contribution in [0.1, 0.15) is 12.0 Å². The second-order valence-electron chi connectivity index (χ2n) is 7.13. The summed E-state index contributed by atoms with van der Waals surface area (Å²) < 4.78 is 13.3. The molecule has 0 unspecified atom stereocenters. The van der Waals surface area contributed by atoms with Gasteiger partial charge in [-0.05, 0) is 48.4 Å². The molecule has 0 spiro atoms. The van der Waals surface area contributed by atoms with Gasteiger partial charge in [-0.2, -0.15) is 0 Å². The summed E-state index contributed by atoms with van der Waals surface area (Å²) in [5.74, 6) is -0.113. The van der Waals surface area contributed by atoms with E-state index < -0.39 is 0 Å². The van der Waals surface area contributed by atoms with E-state index in [1.165, 1.54) is 12.1 Å². The first-order valence-electron chi connectivity index (χ1n) is 9.42. The van der Waals surface area contributed by atoms with E-state index in [-0.39, 0.29) is 11.7 Å². The normalized spacial score (nSPS) is 17.3. The highest BCUT2D eigenvalue weighted by molar-refractivity contribution is 6.30. The largest absolute Gasteiger partial charge is 0.369 e. The predicted molar refractivity (Wildman–Crippen MR) is 107 cm³/mol. The Bertz CT molecular complexity index is 836. The minimum atomic E-state index is -0.236. The smallest absolute Gasteiger partial charge is 0.228 e. The van der Waals surface area contributed by atoms with E-state index in [0.717, 1.165) is 61.1 Å². The SMILES string of the molecule is O=C(CCN1CCN(c2cccc(Cl)c2)CC1)N1CCc2cc(F)ccc21. The highest BCUT2D eigenvalue weighted by Crippen LogP contribution is 2.29. The molecule has 2 aromatic carbocycles. The zero-order valence-corrected chi connectivity index (χ0v) is 16.0. The maximum atomic E-state index is 13.3. The molecule has 2 heterocycles. The van der Waals surface area contributed by atoms with Gasteiger partial charge in [0.05, 0.1) is 0 Å². The molecule has 6 heteroatoms. The van der Waals surface area contributed by atoms with Crippen LogP contribution in [0.4, 0.5) is 15.8 Å². The van der Waals surface area contributed by atoms with Gasteiger partial charge in [0.15, 0.2) is 0 Å². The molecule has 0 aliphatic carbocycles. The summed E-state index contributed by atoms with van der Waals surface area (Å²) in [6, 6.07) is 12.6. The highest BCUT2D eigenvalue weighted by atomic mass is 35.5. The third-order valence-electron chi connectivity index (χ3n) is 5.43. The van der Waals surface area contributed by atoms with E-state index in [9.17, 15) is 9.18 Å². The standard InChI is InChI=1S/C21H23ClFN3O/c22-17-2-1-3-19(15-17)25-12-10-24(11-13-25)8-7-21(27)26-9-6-16-14-18(23)4-5-20(16)26/h1-5,14-15H,6-13H2. The lowest BCUT2D eigenvalue weighted by atomic mass is 10.1. The first-order chi connectivity index (χ1) is 13.1. The molecule has 0 bridgehead atoms. The van der Waals surface area contributed by atoms with Gasteiger partial charge in [-0.3, -0.25) is 9.69 Å². The van der Waals surface area contributed by atoms with Crippen LogP contribution < -0.4 is 9.80 Å². The van der Waals surface area contributed by atoms with Crippen molar-refractivity contribution in [2.75, 3.05) is 49.1 Å². The van der Waals surface area contributed by atoms with Crippen molar-refractivity contribution in [1.29, 1.82) is 0 Å². The second kappa shape index (κ2) is 7.87. The Kier molecular flexibility index (Phi) is 5.32. The van der Waals surface area contributed by atoms with Gasteiger partial charge in [0.1, 0.15) is 5.82 Å². The molecule has 142 valence electrons. The zero-order valence-electron chi connectivity index (χ0n) is 15.2. The number of benzene rings is 2. The number of fused-ring (bicyclic) bond motifs is 1. The lowest BCUT2D eigenvalue weighted by Gasteiger charge is -2.36. The number of nitrogens with zero attached hydrogens (tertiary/aromatic N) is 3. The van der Waals surface area contributed by atoms with Crippen molar-refractivity contribution in [1.82, 2.24) is 4.90 Å². The summed E-state index contributed by atoms with van der Waals surface area (Å²) in [6.07, 6.45) is 1.23. The number of hydrogen-bond acceptors (Lipinski definition) is 3. The van der Waals surface area contributed by atoms with E-state index in [1.54, 1.807) is 11.0 Å². The molecule has 2 aromatic rings. The Labute approximate surface area is 164 Å². The van der Waals surface area contributed by atoms with Crippen LogP contribution in [0, 0.1) is 5.82 Å². The van der Waals surface area contributed by atoms with Crippen molar-refractivity contribution in [3.63, 3.8) is 0 Å². The average Bonchev–Trinajstić information content (AvgIpc) is 3.09. The van der Waals surface area contributed by atoms with Gasteiger partial charge < -0.3 is 9.80 Å². The summed E-state index contributed by atoms with van der Waals surface area (Å²) in [6.45, 7) is 5.14. The monoisotopic (exact) mass is 387 g/mol. The second-order valence-corrected chi connectivity index (χ2v) is 7.56.